The van der Waals surface area contributed by atoms with Gasteiger partial charge in [-0.3, -0.25) is 9.59 Å². The number of carbonyl (C=O) groups is 3. The Labute approximate surface area is 182 Å². The molecule has 0 aliphatic carbocycles. The fraction of sp³-hybridized carbons (Fsp3) is 0.125. The maximum absolute atomic E-state index is 12.9. The van der Waals surface area contributed by atoms with Crippen LogP contribution >= 0.6 is 7.26 Å². The first-order valence-corrected chi connectivity index (χ1v) is 12.0. The minimum atomic E-state index is -2.69. The molecular weight excluding hydrogens is 470 g/mol. The third-order valence-corrected chi connectivity index (χ3v) is 10.4. The summed E-state index contributed by atoms with van der Waals surface area (Å²) in [6.07, 6.45) is 0.0833. The number of carbonyl (C=O) groups excluding carboxylic acids is 3. The Kier molecular flexibility index (Phi) is 8.77. The predicted octanol–water partition coefficient (Wildman–Crippen LogP) is 3.93. The van der Waals surface area contributed by atoms with Crippen molar-refractivity contribution in [2.75, 3.05) is 0 Å². The number of rotatable bonds is 6. The molecule has 3 aromatic carbocycles. The summed E-state index contributed by atoms with van der Waals surface area (Å²) in [5, 5.41) is 3.33. The molecule has 3 rings (SSSR count). The molecule has 0 N–H and O–H groups in total. The third-order valence-electron chi connectivity index (χ3n) is 4.40. The Hall–Kier alpha value is -2.28. The SMILES string of the molecule is CC(=O)CC(C)=O.O=[C]([Rh])[PH](c1ccccc1)(c1ccccc1)c1ccccc1. The van der Waals surface area contributed by atoms with Crippen LogP contribution in [0.15, 0.2) is 91.0 Å². The fourth-order valence-corrected chi connectivity index (χ4v) is 9.08. The predicted molar refractivity (Wildman–Crippen MR) is 118 cm³/mol. The molecule has 0 fully saturated rings. The summed E-state index contributed by atoms with van der Waals surface area (Å²) in [7, 11) is -2.69. The summed E-state index contributed by atoms with van der Waals surface area (Å²) in [5.74, 6) is -0.125. The van der Waals surface area contributed by atoms with E-state index < -0.39 is 7.26 Å². The second kappa shape index (κ2) is 11.0. The standard InChI is InChI=1S/C19H16OP.C5H8O2.Rh/c20-16-21(17-10-4-1-5-11-17,18-12-6-2-7-13-18)19-14-8-3-9-15-19;1-4(6)3-5(2)7;/h1-15,21H;3H2,1-2H3;. The van der Waals surface area contributed by atoms with Gasteiger partial charge in [-0.05, 0) is 13.8 Å². The van der Waals surface area contributed by atoms with Crippen LogP contribution < -0.4 is 15.9 Å². The van der Waals surface area contributed by atoms with Crippen LogP contribution in [0.1, 0.15) is 20.3 Å². The van der Waals surface area contributed by atoms with Gasteiger partial charge in [-0.2, -0.15) is 0 Å². The zero-order valence-electron chi connectivity index (χ0n) is 16.4. The number of hydrogen-bond acceptors (Lipinski definition) is 3. The van der Waals surface area contributed by atoms with Crippen LogP contribution in [0.3, 0.4) is 0 Å². The molecule has 0 aliphatic heterocycles. The summed E-state index contributed by atoms with van der Waals surface area (Å²) in [6, 6.07) is 30.5. The molecule has 3 nitrogen and oxygen atoms in total. The van der Waals surface area contributed by atoms with Gasteiger partial charge in [0, 0.05) is 0 Å². The maximum atomic E-state index is 12.9. The van der Waals surface area contributed by atoms with Crippen LogP contribution in [-0.2, 0) is 27.9 Å². The van der Waals surface area contributed by atoms with E-state index in [1.165, 1.54) is 13.8 Å². The van der Waals surface area contributed by atoms with E-state index in [9.17, 15) is 14.4 Å². The van der Waals surface area contributed by atoms with Crippen molar-refractivity contribution in [3.05, 3.63) is 91.0 Å². The van der Waals surface area contributed by atoms with Crippen molar-refractivity contribution in [3.8, 4) is 0 Å². The summed E-state index contributed by atoms with van der Waals surface area (Å²) < 4.78 is 0.150. The molecule has 0 saturated carbocycles. The van der Waals surface area contributed by atoms with Gasteiger partial charge in [0.05, 0.1) is 6.42 Å². The van der Waals surface area contributed by atoms with Gasteiger partial charge in [0.15, 0.2) is 0 Å². The average molecular weight is 494 g/mol. The molecule has 5 heteroatoms. The van der Waals surface area contributed by atoms with E-state index >= 15 is 0 Å². The van der Waals surface area contributed by atoms with E-state index in [0.717, 1.165) is 15.9 Å². The molecule has 3 aromatic rings. The number of hydrogen-bond donors (Lipinski definition) is 0. The molecule has 0 unspecified atom stereocenters. The van der Waals surface area contributed by atoms with E-state index in [2.05, 4.69) is 54.7 Å². The first kappa shape index (κ1) is 23.0. The van der Waals surface area contributed by atoms with Crippen LogP contribution in [0, 0.1) is 0 Å². The molecule has 0 amide bonds. The second-order valence-corrected chi connectivity index (χ2v) is 11.8. The van der Waals surface area contributed by atoms with Crippen LogP contribution in [0.2, 0.25) is 0 Å². The molecule has 0 spiro atoms. The molecule has 152 valence electrons. The van der Waals surface area contributed by atoms with Crippen molar-refractivity contribution in [1.29, 1.82) is 0 Å². The van der Waals surface area contributed by atoms with Gasteiger partial charge in [0.2, 0.25) is 0 Å². The van der Waals surface area contributed by atoms with Crippen LogP contribution in [-0.4, -0.2) is 15.7 Å². The van der Waals surface area contributed by atoms with Crippen molar-refractivity contribution in [3.63, 3.8) is 0 Å². The topological polar surface area (TPSA) is 51.2 Å². The summed E-state index contributed by atoms with van der Waals surface area (Å²) in [6.45, 7) is 2.81. The number of ketones is 2. The zero-order valence-corrected chi connectivity index (χ0v) is 19.1. The Morgan fingerprint density at radius 1 is 0.621 bits per heavy atom. The van der Waals surface area contributed by atoms with E-state index in [1.54, 1.807) is 0 Å². The molecule has 0 radical (unpaired) electrons. The molecule has 0 saturated heterocycles. The van der Waals surface area contributed by atoms with E-state index in [4.69, 9.17) is 0 Å². The molecular formula is C24H24O3PRh. The van der Waals surface area contributed by atoms with Gasteiger partial charge in [0.25, 0.3) is 0 Å². The molecule has 29 heavy (non-hydrogen) atoms. The van der Waals surface area contributed by atoms with Crippen molar-refractivity contribution < 1.29 is 32.7 Å². The minimum absolute atomic E-state index is 0.0625. The summed E-state index contributed by atoms with van der Waals surface area (Å²) >= 11 is 2.67. The van der Waals surface area contributed by atoms with Gasteiger partial charge in [-0.25, -0.2) is 0 Å². The van der Waals surface area contributed by atoms with Crippen LogP contribution in [0.5, 0.6) is 0 Å². The zero-order chi connectivity index (χ0) is 21.3. The Morgan fingerprint density at radius 3 is 1.07 bits per heavy atom. The van der Waals surface area contributed by atoms with Gasteiger partial charge >= 0.3 is 141 Å². The van der Waals surface area contributed by atoms with Crippen LogP contribution in [0.4, 0.5) is 4.79 Å². The van der Waals surface area contributed by atoms with Crippen molar-refractivity contribution in [2.45, 2.75) is 20.3 Å². The molecule has 0 aromatic heterocycles. The third kappa shape index (κ3) is 5.86. The van der Waals surface area contributed by atoms with Crippen molar-refractivity contribution in [1.82, 2.24) is 0 Å². The van der Waals surface area contributed by atoms with E-state index in [1.807, 2.05) is 54.6 Å². The number of benzene rings is 3. The van der Waals surface area contributed by atoms with Gasteiger partial charge < -0.3 is 0 Å². The molecule has 0 bridgehead atoms. The van der Waals surface area contributed by atoms with Crippen molar-refractivity contribution in [2.24, 2.45) is 0 Å². The van der Waals surface area contributed by atoms with Crippen molar-refractivity contribution >= 4 is 38.9 Å². The normalized spacial score (nSPS) is 11.0. The number of Topliss-reactive ketones (excluding diaryl/α,β-unsaturated/α-hetero) is 2. The van der Waals surface area contributed by atoms with E-state index in [-0.39, 0.29) is 22.1 Å². The first-order chi connectivity index (χ1) is 13.9. The Balaban J connectivity index is 0.000000370. The second-order valence-electron chi connectivity index (χ2n) is 6.68. The fourth-order valence-electron chi connectivity index (χ4n) is 3.24. The molecule has 0 aliphatic rings. The average Bonchev–Trinajstić information content (AvgIpc) is 2.70. The molecule has 0 atom stereocenters. The van der Waals surface area contributed by atoms with E-state index in [0.29, 0.717) is 0 Å². The Bertz CT molecular complexity index is 849. The quantitative estimate of drug-likeness (QED) is 0.297. The monoisotopic (exact) mass is 494 g/mol. The summed E-state index contributed by atoms with van der Waals surface area (Å²) in [5.41, 5.74) is 0. The molecule has 0 heterocycles. The first-order valence-electron chi connectivity index (χ1n) is 9.22. The Morgan fingerprint density at radius 2 is 0.897 bits per heavy atom. The van der Waals surface area contributed by atoms with Gasteiger partial charge in [-0.1, -0.05) is 0 Å². The van der Waals surface area contributed by atoms with Gasteiger partial charge in [0.1, 0.15) is 11.6 Å². The van der Waals surface area contributed by atoms with Gasteiger partial charge in [-0.15, -0.1) is 0 Å². The summed E-state index contributed by atoms with van der Waals surface area (Å²) in [4.78, 5) is 32.9. The van der Waals surface area contributed by atoms with Crippen LogP contribution in [0.25, 0.3) is 0 Å².